The van der Waals surface area contributed by atoms with Crippen molar-refractivity contribution in [2.75, 3.05) is 33.0 Å². The molecule has 6 heteroatoms. The second-order valence-corrected chi connectivity index (χ2v) is 9.13. The second kappa shape index (κ2) is 9.57. The average Bonchev–Trinajstić information content (AvgIpc) is 3.69. The molecular formula is C27H30O6. The summed E-state index contributed by atoms with van der Waals surface area (Å²) in [4.78, 5) is 0. The van der Waals surface area contributed by atoms with Crippen LogP contribution in [0.3, 0.4) is 0 Å². The van der Waals surface area contributed by atoms with Crippen LogP contribution in [0, 0.1) is 0 Å². The van der Waals surface area contributed by atoms with Gasteiger partial charge < -0.3 is 28.4 Å². The minimum atomic E-state index is -0.0269. The van der Waals surface area contributed by atoms with Crippen LogP contribution >= 0.6 is 0 Å². The van der Waals surface area contributed by atoms with Crippen molar-refractivity contribution >= 4 is 0 Å². The molecule has 2 aliphatic carbocycles. The van der Waals surface area contributed by atoms with Gasteiger partial charge >= 0.3 is 0 Å². The van der Waals surface area contributed by atoms with E-state index in [9.17, 15) is 0 Å². The van der Waals surface area contributed by atoms with E-state index in [2.05, 4.69) is 60.7 Å². The van der Waals surface area contributed by atoms with E-state index < -0.39 is 0 Å². The van der Waals surface area contributed by atoms with Crippen LogP contribution in [-0.4, -0.2) is 63.7 Å². The van der Waals surface area contributed by atoms with Crippen molar-refractivity contribution in [2.45, 2.75) is 49.5 Å². The molecule has 0 amide bonds. The minimum absolute atomic E-state index is 0.0269. The summed E-state index contributed by atoms with van der Waals surface area (Å²) >= 11 is 0. The molecule has 0 spiro atoms. The van der Waals surface area contributed by atoms with Gasteiger partial charge in [0.1, 0.15) is 31.2 Å². The molecule has 0 bridgehead atoms. The summed E-state index contributed by atoms with van der Waals surface area (Å²) in [6, 6.07) is 8.46. The molecule has 6 nitrogen and oxygen atoms in total. The predicted octanol–water partition coefficient (Wildman–Crippen LogP) is 3.85. The van der Waals surface area contributed by atoms with Gasteiger partial charge in [-0.2, -0.15) is 0 Å². The number of ether oxygens (including phenoxy) is 6. The zero-order valence-electron chi connectivity index (χ0n) is 18.6. The van der Waals surface area contributed by atoms with Gasteiger partial charge in [0.05, 0.1) is 32.0 Å². The quantitative estimate of drug-likeness (QED) is 0.477. The normalized spacial score (nSPS) is 32.7. The van der Waals surface area contributed by atoms with Crippen LogP contribution in [0.4, 0.5) is 0 Å². The van der Waals surface area contributed by atoms with E-state index in [0.717, 1.165) is 31.8 Å². The summed E-state index contributed by atoms with van der Waals surface area (Å²) in [6.07, 6.45) is 15.8. The number of rotatable bonds is 11. The Morgan fingerprint density at radius 2 is 1.42 bits per heavy atom. The Kier molecular flexibility index (Phi) is 6.18. The SMILES string of the molecule is C1=CC(OCC2CO2)CC=C1C(C1=CCC(OC2CO2)C=C1)c1ccc(OCC2CO2)cc1. The van der Waals surface area contributed by atoms with E-state index >= 15 is 0 Å². The third-order valence-electron chi connectivity index (χ3n) is 6.42. The maximum Gasteiger partial charge on any atom is 0.181 e. The van der Waals surface area contributed by atoms with Crippen LogP contribution in [-0.2, 0) is 23.7 Å². The van der Waals surface area contributed by atoms with Crippen molar-refractivity contribution < 1.29 is 28.4 Å². The molecule has 3 heterocycles. The lowest BCUT2D eigenvalue weighted by molar-refractivity contribution is 0.0140. The summed E-state index contributed by atoms with van der Waals surface area (Å²) in [5.41, 5.74) is 3.82. The van der Waals surface area contributed by atoms with Gasteiger partial charge in [0.15, 0.2) is 6.29 Å². The molecule has 6 atom stereocenters. The molecule has 5 aliphatic rings. The van der Waals surface area contributed by atoms with Gasteiger partial charge in [0, 0.05) is 5.92 Å². The van der Waals surface area contributed by atoms with Gasteiger partial charge in [0.2, 0.25) is 0 Å². The van der Waals surface area contributed by atoms with Crippen molar-refractivity contribution in [3.05, 3.63) is 77.4 Å². The van der Waals surface area contributed by atoms with Crippen molar-refractivity contribution in [2.24, 2.45) is 0 Å². The maximum absolute atomic E-state index is 5.97. The molecule has 3 aliphatic heterocycles. The first-order chi connectivity index (χ1) is 16.3. The Labute approximate surface area is 194 Å². The smallest absolute Gasteiger partial charge is 0.181 e. The number of allylic oxidation sites excluding steroid dienone is 4. The van der Waals surface area contributed by atoms with Gasteiger partial charge in [-0.05, 0) is 41.7 Å². The van der Waals surface area contributed by atoms with Crippen LogP contribution in [0.25, 0.3) is 0 Å². The molecular weight excluding hydrogens is 420 g/mol. The molecule has 0 radical (unpaired) electrons. The van der Waals surface area contributed by atoms with E-state index in [1.165, 1.54) is 16.7 Å². The Morgan fingerprint density at radius 1 is 0.788 bits per heavy atom. The highest BCUT2D eigenvalue weighted by atomic mass is 16.8. The number of hydrogen-bond donors (Lipinski definition) is 0. The fourth-order valence-electron chi connectivity index (χ4n) is 4.28. The van der Waals surface area contributed by atoms with Crippen LogP contribution in [0.15, 0.2) is 71.9 Å². The Hall–Kier alpha value is -2.22. The fourth-order valence-corrected chi connectivity index (χ4v) is 4.28. The van der Waals surface area contributed by atoms with Crippen molar-refractivity contribution in [3.63, 3.8) is 0 Å². The number of benzene rings is 1. The first-order valence-electron chi connectivity index (χ1n) is 11.9. The van der Waals surface area contributed by atoms with Crippen LogP contribution in [0.2, 0.25) is 0 Å². The average molecular weight is 451 g/mol. The van der Waals surface area contributed by atoms with E-state index in [-0.39, 0.29) is 36.6 Å². The molecule has 6 unspecified atom stereocenters. The molecule has 33 heavy (non-hydrogen) atoms. The van der Waals surface area contributed by atoms with Crippen LogP contribution in [0.1, 0.15) is 24.3 Å². The second-order valence-electron chi connectivity index (χ2n) is 9.13. The van der Waals surface area contributed by atoms with Crippen molar-refractivity contribution in [1.82, 2.24) is 0 Å². The molecule has 0 aromatic heterocycles. The molecule has 174 valence electrons. The fraction of sp³-hybridized carbons (Fsp3) is 0.481. The lowest BCUT2D eigenvalue weighted by atomic mass is 9.80. The van der Waals surface area contributed by atoms with Gasteiger partial charge in [-0.3, -0.25) is 0 Å². The third kappa shape index (κ3) is 5.83. The number of epoxide rings is 3. The molecule has 3 fully saturated rings. The van der Waals surface area contributed by atoms with Crippen molar-refractivity contribution in [1.29, 1.82) is 0 Å². The van der Waals surface area contributed by atoms with Gasteiger partial charge in [0.25, 0.3) is 0 Å². The summed E-state index contributed by atoms with van der Waals surface area (Å²) in [5, 5.41) is 0. The molecule has 6 rings (SSSR count). The topological polar surface area (TPSA) is 65.3 Å². The Morgan fingerprint density at radius 3 is 2.00 bits per heavy atom. The third-order valence-corrected chi connectivity index (χ3v) is 6.42. The monoisotopic (exact) mass is 450 g/mol. The highest BCUT2D eigenvalue weighted by Gasteiger charge is 2.29. The van der Waals surface area contributed by atoms with Crippen LogP contribution < -0.4 is 4.74 Å². The standard InChI is InChI=1S/C27H30O6/c1-7-21(28-13-24-15-30-24)8-2-18(1)27(20-5-11-23(12-6-20)33-26-17-32-26)19-3-9-22(10-4-19)29-14-25-16-31-25/h1-9,11,22-27H,10,12-17H2. The van der Waals surface area contributed by atoms with Crippen molar-refractivity contribution in [3.8, 4) is 5.75 Å². The summed E-state index contributed by atoms with van der Waals surface area (Å²) < 4.78 is 33.4. The molecule has 3 saturated heterocycles. The first kappa shape index (κ1) is 21.3. The van der Waals surface area contributed by atoms with Gasteiger partial charge in [-0.1, -0.05) is 48.6 Å². The molecule has 1 aromatic carbocycles. The number of hydrogen-bond acceptors (Lipinski definition) is 6. The maximum atomic E-state index is 5.97. The van der Waals surface area contributed by atoms with E-state index in [1.807, 2.05) is 0 Å². The zero-order valence-corrected chi connectivity index (χ0v) is 18.6. The van der Waals surface area contributed by atoms with Gasteiger partial charge in [-0.15, -0.1) is 0 Å². The summed E-state index contributed by atoms with van der Waals surface area (Å²) in [6.45, 7) is 3.62. The Bertz CT molecular complexity index is 949. The molecule has 1 aromatic rings. The van der Waals surface area contributed by atoms with E-state index in [1.54, 1.807) is 0 Å². The lowest BCUT2D eigenvalue weighted by Gasteiger charge is -2.27. The van der Waals surface area contributed by atoms with Gasteiger partial charge in [-0.25, -0.2) is 0 Å². The van der Waals surface area contributed by atoms with Crippen LogP contribution in [0.5, 0.6) is 5.75 Å². The zero-order chi connectivity index (χ0) is 22.0. The minimum Gasteiger partial charge on any atom is -0.491 e. The highest BCUT2D eigenvalue weighted by molar-refractivity contribution is 5.50. The van der Waals surface area contributed by atoms with E-state index in [4.69, 9.17) is 28.4 Å². The summed E-state index contributed by atoms with van der Waals surface area (Å²) in [5.74, 6) is 1.03. The highest BCUT2D eigenvalue weighted by Crippen LogP contribution is 2.38. The predicted molar refractivity (Wildman–Crippen MR) is 122 cm³/mol. The van der Waals surface area contributed by atoms with E-state index in [0.29, 0.717) is 19.8 Å². The first-order valence-corrected chi connectivity index (χ1v) is 11.9. The largest absolute Gasteiger partial charge is 0.491 e. The molecule has 0 N–H and O–H groups in total. The molecule has 0 saturated carbocycles. The Balaban J connectivity index is 1.17. The lowest BCUT2D eigenvalue weighted by Crippen LogP contribution is -2.18. The summed E-state index contributed by atoms with van der Waals surface area (Å²) in [7, 11) is 0.